The third kappa shape index (κ3) is 3.01. The van der Waals surface area contributed by atoms with Crippen molar-refractivity contribution < 1.29 is 22.5 Å². The second kappa shape index (κ2) is 4.77. The molecular formula is C14H18BF3O2. The van der Waals surface area contributed by atoms with Gasteiger partial charge in [-0.25, -0.2) is 0 Å². The third-order valence-corrected chi connectivity index (χ3v) is 3.96. The lowest BCUT2D eigenvalue weighted by Crippen LogP contribution is -2.41. The lowest BCUT2D eigenvalue weighted by molar-refractivity contribution is -0.137. The van der Waals surface area contributed by atoms with Gasteiger partial charge >= 0.3 is 13.3 Å². The molecule has 1 heterocycles. The standard InChI is InChI=1S/C14H18BF3O2/c1-12(2)13(3,4)20-15(19-12)9-10-6-5-7-11(8-10)14(16,17)18/h5-8H,9H2,1-4H3. The van der Waals surface area contributed by atoms with Crippen LogP contribution in [0.1, 0.15) is 38.8 Å². The highest BCUT2D eigenvalue weighted by Crippen LogP contribution is 2.37. The van der Waals surface area contributed by atoms with E-state index in [0.29, 0.717) is 11.9 Å². The topological polar surface area (TPSA) is 18.5 Å². The molecule has 0 aliphatic carbocycles. The largest absolute Gasteiger partial charge is 0.462 e. The van der Waals surface area contributed by atoms with Gasteiger partial charge in [-0.1, -0.05) is 18.2 Å². The van der Waals surface area contributed by atoms with Crippen LogP contribution in [0.5, 0.6) is 0 Å². The van der Waals surface area contributed by atoms with Crippen LogP contribution in [0, 0.1) is 0 Å². The Labute approximate surface area is 117 Å². The van der Waals surface area contributed by atoms with Crippen LogP contribution in [0.4, 0.5) is 13.2 Å². The summed E-state index contributed by atoms with van der Waals surface area (Å²) in [7, 11) is -0.525. The molecule has 0 amide bonds. The molecule has 0 saturated carbocycles. The molecule has 0 spiro atoms. The highest BCUT2D eigenvalue weighted by atomic mass is 19.4. The minimum atomic E-state index is -4.33. The van der Waals surface area contributed by atoms with E-state index in [4.69, 9.17) is 9.31 Å². The summed E-state index contributed by atoms with van der Waals surface area (Å²) in [5.74, 6) is 0. The minimum Gasteiger partial charge on any atom is -0.403 e. The summed E-state index contributed by atoms with van der Waals surface area (Å²) in [5, 5.41) is 0. The molecule has 110 valence electrons. The van der Waals surface area contributed by atoms with E-state index in [2.05, 4.69) is 0 Å². The molecule has 20 heavy (non-hydrogen) atoms. The van der Waals surface area contributed by atoms with Crippen LogP contribution in [-0.2, 0) is 21.8 Å². The predicted octanol–water partition coefficient (Wildman–Crippen LogP) is 3.88. The fourth-order valence-corrected chi connectivity index (χ4v) is 2.12. The molecule has 1 aromatic carbocycles. The Balaban J connectivity index is 2.13. The van der Waals surface area contributed by atoms with Gasteiger partial charge in [0.15, 0.2) is 0 Å². The number of hydrogen-bond acceptors (Lipinski definition) is 2. The highest BCUT2D eigenvalue weighted by Gasteiger charge is 2.50. The minimum absolute atomic E-state index is 0.302. The summed E-state index contributed by atoms with van der Waals surface area (Å²) in [6, 6.07) is 5.27. The van der Waals surface area contributed by atoms with Crippen LogP contribution in [-0.4, -0.2) is 18.3 Å². The summed E-state index contributed by atoms with van der Waals surface area (Å²) in [6.45, 7) is 7.66. The molecule has 2 rings (SSSR count). The van der Waals surface area contributed by atoms with Crippen LogP contribution in [0.2, 0.25) is 0 Å². The van der Waals surface area contributed by atoms with Gasteiger partial charge in [0.2, 0.25) is 0 Å². The molecule has 0 unspecified atom stereocenters. The molecule has 0 bridgehead atoms. The normalized spacial score (nSPS) is 21.2. The quantitative estimate of drug-likeness (QED) is 0.768. The van der Waals surface area contributed by atoms with Gasteiger partial charge in [0.1, 0.15) is 0 Å². The SMILES string of the molecule is CC1(C)OB(Cc2cccc(C(F)(F)F)c2)OC1(C)C. The molecule has 0 radical (unpaired) electrons. The van der Waals surface area contributed by atoms with Crippen LogP contribution >= 0.6 is 0 Å². The molecule has 0 atom stereocenters. The van der Waals surface area contributed by atoms with E-state index < -0.39 is 30.1 Å². The number of hydrogen-bond donors (Lipinski definition) is 0. The van der Waals surface area contributed by atoms with Crippen molar-refractivity contribution in [1.29, 1.82) is 0 Å². The van der Waals surface area contributed by atoms with Crippen LogP contribution in [0.15, 0.2) is 24.3 Å². The van der Waals surface area contributed by atoms with Crippen molar-refractivity contribution in [1.82, 2.24) is 0 Å². The van der Waals surface area contributed by atoms with E-state index in [0.717, 1.165) is 12.1 Å². The summed E-state index contributed by atoms with van der Waals surface area (Å²) in [4.78, 5) is 0. The second-order valence-corrected chi connectivity index (χ2v) is 6.09. The Hall–Kier alpha value is -1.01. The molecule has 2 nitrogen and oxygen atoms in total. The summed E-state index contributed by atoms with van der Waals surface area (Å²) in [5.41, 5.74) is -1.04. The van der Waals surface area contributed by atoms with Crippen molar-refractivity contribution in [3.05, 3.63) is 35.4 Å². The fraction of sp³-hybridized carbons (Fsp3) is 0.571. The van der Waals surface area contributed by atoms with E-state index in [1.54, 1.807) is 6.07 Å². The molecule has 1 fully saturated rings. The van der Waals surface area contributed by atoms with Crippen LogP contribution < -0.4 is 0 Å². The summed E-state index contributed by atoms with van der Waals surface area (Å²) >= 11 is 0. The zero-order valence-corrected chi connectivity index (χ0v) is 12.0. The van der Waals surface area contributed by atoms with E-state index in [9.17, 15) is 13.2 Å². The average molecular weight is 286 g/mol. The Kier molecular flexibility index (Phi) is 3.67. The zero-order valence-electron chi connectivity index (χ0n) is 12.0. The third-order valence-electron chi connectivity index (χ3n) is 3.96. The first kappa shape index (κ1) is 15.4. The van der Waals surface area contributed by atoms with Crippen molar-refractivity contribution in [2.75, 3.05) is 0 Å². The first-order chi connectivity index (χ1) is 9.01. The van der Waals surface area contributed by atoms with Crippen molar-refractivity contribution in [3.63, 3.8) is 0 Å². The molecule has 6 heteroatoms. The average Bonchev–Trinajstić information content (AvgIpc) is 2.46. The van der Waals surface area contributed by atoms with Crippen LogP contribution in [0.3, 0.4) is 0 Å². The van der Waals surface area contributed by atoms with Gasteiger partial charge in [0.25, 0.3) is 0 Å². The van der Waals surface area contributed by atoms with Gasteiger partial charge in [-0.05, 0) is 39.3 Å². The second-order valence-electron chi connectivity index (χ2n) is 6.09. The van der Waals surface area contributed by atoms with Gasteiger partial charge in [-0.3, -0.25) is 0 Å². The maximum absolute atomic E-state index is 12.7. The van der Waals surface area contributed by atoms with E-state index in [1.807, 2.05) is 27.7 Å². The zero-order chi connectivity index (χ0) is 15.2. The molecule has 1 aliphatic heterocycles. The van der Waals surface area contributed by atoms with E-state index in [-0.39, 0.29) is 0 Å². The van der Waals surface area contributed by atoms with Gasteiger partial charge in [-0.2, -0.15) is 13.2 Å². The lowest BCUT2D eigenvalue weighted by Gasteiger charge is -2.32. The smallest absolute Gasteiger partial charge is 0.403 e. The lowest BCUT2D eigenvalue weighted by atomic mass is 9.80. The molecule has 1 aromatic rings. The van der Waals surface area contributed by atoms with E-state index >= 15 is 0 Å². The maximum atomic E-state index is 12.7. The van der Waals surface area contributed by atoms with E-state index in [1.165, 1.54) is 6.07 Å². The first-order valence-corrected chi connectivity index (χ1v) is 6.53. The number of rotatable bonds is 2. The van der Waals surface area contributed by atoms with Crippen molar-refractivity contribution >= 4 is 7.12 Å². The molecular weight excluding hydrogens is 268 g/mol. The van der Waals surface area contributed by atoms with Crippen molar-refractivity contribution in [3.8, 4) is 0 Å². The molecule has 0 aromatic heterocycles. The van der Waals surface area contributed by atoms with Crippen molar-refractivity contribution in [2.24, 2.45) is 0 Å². The molecule has 1 aliphatic rings. The Bertz CT molecular complexity index is 481. The molecule has 0 N–H and O–H groups in total. The number of benzene rings is 1. The molecule has 1 saturated heterocycles. The number of alkyl halides is 3. The Morgan fingerprint density at radius 1 is 1.05 bits per heavy atom. The van der Waals surface area contributed by atoms with Gasteiger partial charge < -0.3 is 9.31 Å². The summed E-state index contributed by atoms with van der Waals surface area (Å²) in [6.07, 6.45) is -4.03. The Morgan fingerprint density at radius 3 is 2.10 bits per heavy atom. The van der Waals surface area contributed by atoms with Gasteiger partial charge in [-0.15, -0.1) is 0 Å². The highest BCUT2D eigenvalue weighted by molar-refractivity contribution is 6.45. The first-order valence-electron chi connectivity index (χ1n) is 6.53. The summed E-state index contributed by atoms with van der Waals surface area (Å²) < 4.78 is 49.6. The maximum Gasteiger partial charge on any atom is 0.462 e. The Morgan fingerprint density at radius 2 is 1.60 bits per heavy atom. The van der Waals surface area contributed by atoms with Gasteiger partial charge in [0, 0.05) is 6.32 Å². The number of halogens is 3. The van der Waals surface area contributed by atoms with Crippen molar-refractivity contribution in [2.45, 2.75) is 51.4 Å². The predicted molar refractivity (Wildman–Crippen MR) is 71.2 cm³/mol. The van der Waals surface area contributed by atoms with Gasteiger partial charge in [0.05, 0.1) is 16.8 Å². The monoisotopic (exact) mass is 286 g/mol. The van der Waals surface area contributed by atoms with Crippen LogP contribution in [0.25, 0.3) is 0 Å². The fourth-order valence-electron chi connectivity index (χ4n) is 2.12.